The molecular formula is C18H28N6O11. The Morgan fingerprint density at radius 2 is 1.06 bits per heavy atom. The van der Waals surface area contributed by atoms with Crippen molar-refractivity contribution in [3.05, 3.63) is 23.8 Å². The third-order valence-electron chi connectivity index (χ3n) is 5.87. The minimum atomic E-state index is -1.55. The molecule has 2 aromatic rings. The van der Waals surface area contributed by atoms with Gasteiger partial charge in [0, 0.05) is 0 Å². The molecule has 2 fully saturated rings. The fourth-order valence-electron chi connectivity index (χ4n) is 3.87. The van der Waals surface area contributed by atoms with E-state index in [0.717, 1.165) is 9.36 Å². The summed E-state index contributed by atoms with van der Waals surface area (Å²) in [5.74, 6) is 0. The summed E-state index contributed by atoms with van der Waals surface area (Å²) in [5, 5.41) is 94.0. The number of rotatable bonds is 8. The second-order valence-electron chi connectivity index (χ2n) is 8.31. The monoisotopic (exact) mass is 504 g/mol. The van der Waals surface area contributed by atoms with Crippen LogP contribution >= 0.6 is 0 Å². The molecule has 2 aromatic heterocycles. The zero-order valence-corrected chi connectivity index (χ0v) is 18.2. The van der Waals surface area contributed by atoms with Gasteiger partial charge in [0.05, 0.1) is 38.8 Å². The molecule has 0 radical (unpaired) electrons. The largest absolute Gasteiger partial charge is 0.394 e. The van der Waals surface area contributed by atoms with E-state index in [4.69, 9.17) is 14.2 Å². The van der Waals surface area contributed by atoms with Gasteiger partial charge in [0.1, 0.15) is 60.2 Å². The maximum Gasteiger partial charge on any atom is 0.180 e. The lowest BCUT2D eigenvalue weighted by molar-refractivity contribution is -0.254. The van der Waals surface area contributed by atoms with Crippen molar-refractivity contribution in [1.82, 2.24) is 30.0 Å². The predicted octanol–water partition coefficient (Wildman–Crippen LogP) is -5.47. The average molecular weight is 504 g/mol. The number of aliphatic hydroxyl groups excluding tert-OH is 8. The molecule has 0 saturated carbocycles. The molecule has 17 nitrogen and oxygen atoms in total. The van der Waals surface area contributed by atoms with E-state index in [1.807, 2.05) is 0 Å². The average Bonchev–Trinajstić information content (AvgIpc) is 3.52. The SMILES string of the molecule is OC[C@H]1O[C@@H](n2cc(COCc3cn([C@@H]4O[C@H](CO)[C@@H](O)[C@H](O)[C@H]4O)nn3)nn2)[C@H](O)[C@@H](O)[C@@H]1O. The standard InChI is InChI=1S/C18H28N6O11/c25-3-9-11(27)13(29)15(31)17(34-9)23-1-7(19-21-23)5-33-6-8-2-24(22-20-8)18-16(32)14(30)12(28)10(4-26)35-18/h1-2,9-18,25-32H,3-6H2/t9-,10-,11-,12-,13+,14+,15-,16-,17-,18-/m1/s1. The van der Waals surface area contributed by atoms with Crippen molar-refractivity contribution in [2.45, 2.75) is 74.5 Å². The van der Waals surface area contributed by atoms with Crippen LogP contribution in [0, 0.1) is 0 Å². The molecule has 0 aliphatic carbocycles. The van der Waals surface area contributed by atoms with Crippen LogP contribution in [0.1, 0.15) is 23.8 Å². The summed E-state index contributed by atoms with van der Waals surface area (Å²) in [5.41, 5.74) is 0.673. The van der Waals surface area contributed by atoms with Crippen molar-refractivity contribution in [2.24, 2.45) is 0 Å². The maximum atomic E-state index is 10.2. The van der Waals surface area contributed by atoms with Crippen LogP contribution in [0.5, 0.6) is 0 Å². The fourth-order valence-corrected chi connectivity index (χ4v) is 3.87. The van der Waals surface area contributed by atoms with Crippen LogP contribution in [0.2, 0.25) is 0 Å². The van der Waals surface area contributed by atoms with Gasteiger partial charge < -0.3 is 55.1 Å². The first-order valence-electron chi connectivity index (χ1n) is 10.7. The highest BCUT2D eigenvalue weighted by Crippen LogP contribution is 2.29. The van der Waals surface area contributed by atoms with E-state index < -0.39 is 74.5 Å². The van der Waals surface area contributed by atoms with Gasteiger partial charge in [-0.1, -0.05) is 10.4 Å². The van der Waals surface area contributed by atoms with Crippen molar-refractivity contribution in [3.63, 3.8) is 0 Å². The van der Waals surface area contributed by atoms with E-state index >= 15 is 0 Å². The zero-order chi connectivity index (χ0) is 25.3. The molecule has 35 heavy (non-hydrogen) atoms. The molecule has 196 valence electrons. The van der Waals surface area contributed by atoms with Gasteiger partial charge in [-0.05, 0) is 0 Å². The van der Waals surface area contributed by atoms with E-state index in [1.54, 1.807) is 0 Å². The summed E-state index contributed by atoms with van der Waals surface area (Å²) in [6.45, 7) is -1.22. The van der Waals surface area contributed by atoms with Gasteiger partial charge in [0.2, 0.25) is 0 Å². The molecule has 0 amide bonds. The lowest BCUT2D eigenvalue weighted by Gasteiger charge is -2.39. The highest BCUT2D eigenvalue weighted by molar-refractivity contribution is 4.97. The van der Waals surface area contributed by atoms with Crippen molar-refractivity contribution in [1.29, 1.82) is 0 Å². The van der Waals surface area contributed by atoms with Gasteiger partial charge in [-0.2, -0.15) is 0 Å². The smallest absolute Gasteiger partial charge is 0.180 e. The maximum absolute atomic E-state index is 10.2. The van der Waals surface area contributed by atoms with Crippen LogP contribution in [-0.4, -0.2) is 133 Å². The molecule has 2 saturated heterocycles. The van der Waals surface area contributed by atoms with Crippen molar-refractivity contribution >= 4 is 0 Å². The number of ether oxygens (including phenoxy) is 3. The van der Waals surface area contributed by atoms with Crippen LogP contribution in [0.3, 0.4) is 0 Å². The number of hydrogen-bond donors (Lipinski definition) is 8. The Morgan fingerprint density at radius 3 is 1.43 bits per heavy atom. The van der Waals surface area contributed by atoms with Gasteiger partial charge >= 0.3 is 0 Å². The quantitative estimate of drug-likeness (QED) is 0.167. The number of aromatic nitrogens is 6. The molecule has 0 bridgehead atoms. The summed E-state index contributed by atoms with van der Waals surface area (Å²) >= 11 is 0. The summed E-state index contributed by atoms with van der Waals surface area (Å²) in [6, 6.07) is 0. The zero-order valence-electron chi connectivity index (χ0n) is 18.2. The molecular weight excluding hydrogens is 476 g/mol. The van der Waals surface area contributed by atoms with Gasteiger partial charge in [-0.3, -0.25) is 0 Å². The van der Waals surface area contributed by atoms with Gasteiger partial charge in [0.15, 0.2) is 12.5 Å². The second kappa shape index (κ2) is 10.8. The molecule has 8 N–H and O–H groups in total. The molecule has 17 heteroatoms. The number of nitrogens with zero attached hydrogens (tertiary/aromatic N) is 6. The lowest BCUT2D eigenvalue weighted by Crippen LogP contribution is -2.56. The van der Waals surface area contributed by atoms with E-state index in [0.29, 0.717) is 11.4 Å². The third kappa shape index (κ3) is 5.20. The van der Waals surface area contributed by atoms with Crippen LogP contribution in [0.15, 0.2) is 12.4 Å². The Balaban J connectivity index is 1.32. The summed E-state index contributed by atoms with van der Waals surface area (Å²) in [7, 11) is 0. The first-order chi connectivity index (χ1) is 16.7. The van der Waals surface area contributed by atoms with Gasteiger partial charge in [0.25, 0.3) is 0 Å². The molecule has 2 aliphatic rings. The van der Waals surface area contributed by atoms with Crippen LogP contribution < -0.4 is 0 Å². The van der Waals surface area contributed by atoms with Crippen molar-refractivity contribution in [3.8, 4) is 0 Å². The molecule has 4 heterocycles. The van der Waals surface area contributed by atoms with Crippen LogP contribution in [0.25, 0.3) is 0 Å². The lowest BCUT2D eigenvalue weighted by atomic mass is 9.98. The Labute approximate surface area is 197 Å². The molecule has 0 unspecified atom stereocenters. The summed E-state index contributed by atoms with van der Waals surface area (Å²) < 4.78 is 18.6. The second-order valence-corrected chi connectivity index (χ2v) is 8.31. The van der Waals surface area contributed by atoms with E-state index in [1.165, 1.54) is 12.4 Å². The first-order valence-corrected chi connectivity index (χ1v) is 10.7. The Bertz CT molecular complexity index is 883. The first kappa shape index (κ1) is 25.9. The fraction of sp³-hybridized carbons (Fsp3) is 0.778. The Kier molecular flexibility index (Phi) is 8.03. The molecule has 2 aliphatic heterocycles. The molecule has 0 spiro atoms. The highest BCUT2D eigenvalue weighted by Gasteiger charge is 2.45. The minimum absolute atomic E-state index is 0.0374. The highest BCUT2D eigenvalue weighted by atomic mass is 16.6. The Morgan fingerprint density at radius 1 is 0.657 bits per heavy atom. The van der Waals surface area contributed by atoms with Crippen LogP contribution in [-0.2, 0) is 27.4 Å². The van der Waals surface area contributed by atoms with Crippen LogP contribution in [0.4, 0.5) is 0 Å². The third-order valence-corrected chi connectivity index (χ3v) is 5.87. The summed E-state index contributed by atoms with van der Waals surface area (Å²) in [4.78, 5) is 0. The van der Waals surface area contributed by atoms with Gasteiger partial charge in [-0.25, -0.2) is 9.36 Å². The molecule has 10 atom stereocenters. The molecule has 0 aromatic carbocycles. The normalized spacial score (nSPS) is 38.1. The Hall–Kier alpha value is -2.16. The summed E-state index contributed by atoms with van der Waals surface area (Å²) in [6.07, 6.45) is -10.9. The van der Waals surface area contributed by atoms with Gasteiger partial charge in [-0.15, -0.1) is 10.2 Å². The van der Waals surface area contributed by atoms with E-state index in [-0.39, 0.29) is 13.2 Å². The minimum Gasteiger partial charge on any atom is -0.394 e. The number of aliphatic hydroxyl groups is 8. The van der Waals surface area contributed by atoms with E-state index in [2.05, 4.69) is 20.6 Å². The molecule has 4 rings (SSSR count). The van der Waals surface area contributed by atoms with Crippen molar-refractivity contribution in [2.75, 3.05) is 13.2 Å². The topological polar surface area (TPSA) is 251 Å². The number of hydrogen-bond acceptors (Lipinski definition) is 15. The van der Waals surface area contributed by atoms with Crippen molar-refractivity contribution < 1.29 is 55.1 Å². The van der Waals surface area contributed by atoms with E-state index in [9.17, 15) is 40.9 Å². The predicted molar refractivity (Wildman–Crippen MR) is 107 cm³/mol.